The van der Waals surface area contributed by atoms with E-state index in [4.69, 9.17) is 11.6 Å². The van der Waals surface area contributed by atoms with Crippen LogP contribution in [0.1, 0.15) is 50.6 Å². The molecule has 0 saturated heterocycles. The fourth-order valence-corrected chi connectivity index (χ4v) is 3.04. The van der Waals surface area contributed by atoms with Gasteiger partial charge in [-0.05, 0) is 50.7 Å². The molecule has 0 aromatic heterocycles. The number of halogens is 1. The molecular formula is C18H25ClN2O. The zero-order valence-electron chi connectivity index (χ0n) is 13.2. The maximum Gasteiger partial charge on any atom is 0.233 e. The van der Waals surface area contributed by atoms with Crippen molar-refractivity contribution in [2.75, 3.05) is 13.1 Å². The molecule has 4 heteroatoms. The van der Waals surface area contributed by atoms with Gasteiger partial charge in [-0.3, -0.25) is 4.79 Å². The SMILES string of the molecule is CC(NCC(=O)NCCC1=CCCCC1)c1ccccc1Cl. The van der Waals surface area contributed by atoms with Crippen molar-refractivity contribution in [1.82, 2.24) is 10.6 Å². The number of benzene rings is 1. The van der Waals surface area contributed by atoms with Gasteiger partial charge in [0, 0.05) is 17.6 Å². The number of hydrogen-bond donors (Lipinski definition) is 2. The molecule has 0 saturated carbocycles. The van der Waals surface area contributed by atoms with E-state index in [0.29, 0.717) is 6.54 Å². The molecule has 0 heterocycles. The minimum absolute atomic E-state index is 0.0373. The largest absolute Gasteiger partial charge is 0.355 e. The predicted octanol–water partition coefficient (Wildman–Crippen LogP) is 4.00. The molecule has 2 N–H and O–H groups in total. The van der Waals surface area contributed by atoms with Crippen molar-refractivity contribution in [3.05, 3.63) is 46.5 Å². The molecule has 1 amide bonds. The Kier molecular flexibility index (Phi) is 6.94. The van der Waals surface area contributed by atoms with Gasteiger partial charge >= 0.3 is 0 Å². The van der Waals surface area contributed by atoms with Crippen LogP contribution in [0.5, 0.6) is 0 Å². The first kappa shape index (κ1) is 17.0. The highest BCUT2D eigenvalue weighted by molar-refractivity contribution is 6.31. The molecule has 22 heavy (non-hydrogen) atoms. The maximum atomic E-state index is 11.9. The first-order valence-electron chi connectivity index (χ1n) is 8.09. The summed E-state index contributed by atoms with van der Waals surface area (Å²) >= 11 is 6.16. The number of amides is 1. The molecule has 0 fully saturated rings. The minimum atomic E-state index is 0.0373. The van der Waals surface area contributed by atoms with Gasteiger partial charge in [-0.15, -0.1) is 0 Å². The Morgan fingerprint density at radius 1 is 1.32 bits per heavy atom. The van der Waals surface area contributed by atoms with Crippen LogP contribution >= 0.6 is 11.6 Å². The van der Waals surface area contributed by atoms with Gasteiger partial charge in [-0.2, -0.15) is 0 Å². The average molecular weight is 321 g/mol. The molecule has 1 aromatic rings. The van der Waals surface area contributed by atoms with Crippen LogP contribution in [-0.4, -0.2) is 19.0 Å². The molecule has 1 aromatic carbocycles. The third-order valence-electron chi connectivity index (χ3n) is 4.09. The zero-order chi connectivity index (χ0) is 15.8. The quantitative estimate of drug-likeness (QED) is 0.746. The van der Waals surface area contributed by atoms with Crippen molar-refractivity contribution >= 4 is 17.5 Å². The van der Waals surface area contributed by atoms with Crippen molar-refractivity contribution in [3.8, 4) is 0 Å². The Bertz CT molecular complexity index is 528. The van der Waals surface area contributed by atoms with Crippen LogP contribution in [0.4, 0.5) is 0 Å². The van der Waals surface area contributed by atoms with Crippen LogP contribution in [0.15, 0.2) is 35.9 Å². The zero-order valence-corrected chi connectivity index (χ0v) is 14.0. The van der Waals surface area contributed by atoms with Gasteiger partial charge < -0.3 is 10.6 Å². The highest BCUT2D eigenvalue weighted by atomic mass is 35.5. The Morgan fingerprint density at radius 3 is 2.86 bits per heavy atom. The number of allylic oxidation sites excluding steroid dienone is 1. The molecule has 1 atom stereocenters. The summed E-state index contributed by atoms with van der Waals surface area (Å²) in [6.45, 7) is 3.06. The van der Waals surface area contributed by atoms with Gasteiger partial charge in [0.25, 0.3) is 0 Å². The van der Waals surface area contributed by atoms with Crippen molar-refractivity contribution in [1.29, 1.82) is 0 Å². The van der Waals surface area contributed by atoms with E-state index in [-0.39, 0.29) is 11.9 Å². The second-order valence-corrected chi connectivity index (χ2v) is 6.24. The van der Waals surface area contributed by atoms with Crippen molar-refractivity contribution in [2.24, 2.45) is 0 Å². The average Bonchev–Trinajstić information content (AvgIpc) is 2.54. The van der Waals surface area contributed by atoms with Crippen LogP contribution in [-0.2, 0) is 4.79 Å². The van der Waals surface area contributed by atoms with Gasteiger partial charge in [0.2, 0.25) is 5.91 Å². The molecule has 0 bridgehead atoms. The molecule has 1 aliphatic carbocycles. The first-order chi connectivity index (χ1) is 10.7. The standard InChI is InChI=1S/C18H25ClN2O/c1-14(16-9-5-6-10-17(16)19)21-13-18(22)20-12-11-15-7-3-2-4-8-15/h5-7,9-10,14,21H,2-4,8,11-13H2,1H3,(H,20,22). The highest BCUT2D eigenvalue weighted by Crippen LogP contribution is 2.22. The lowest BCUT2D eigenvalue weighted by Gasteiger charge is -2.16. The molecule has 120 valence electrons. The van der Waals surface area contributed by atoms with Gasteiger partial charge in [0.05, 0.1) is 6.54 Å². The molecule has 1 unspecified atom stereocenters. The Labute approximate surface area is 138 Å². The number of carbonyl (C=O) groups is 1. The lowest BCUT2D eigenvalue weighted by atomic mass is 9.97. The lowest BCUT2D eigenvalue weighted by molar-refractivity contribution is -0.120. The van der Waals surface area contributed by atoms with E-state index < -0.39 is 0 Å². The third kappa shape index (κ3) is 5.47. The number of rotatable bonds is 7. The Morgan fingerprint density at radius 2 is 2.14 bits per heavy atom. The van der Waals surface area contributed by atoms with Gasteiger partial charge in [0.1, 0.15) is 0 Å². The molecule has 1 aliphatic rings. The third-order valence-corrected chi connectivity index (χ3v) is 4.44. The summed E-state index contributed by atoms with van der Waals surface area (Å²) in [7, 11) is 0. The fourth-order valence-electron chi connectivity index (χ4n) is 2.74. The minimum Gasteiger partial charge on any atom is -0.355 e. The van der Waals surface area contributed by atoms with Crippen LogP contribution in [0.3, 0.4) is 0 Å². The molecule has 2 rings (SSSR count). The summed E-state index contributed by atoms with van der Waals surface area (Å²) in [5.74, 6) is 0.0373. The highest BCUT2D eigenvalue weighted by Gasteiger charge is 2.10. The van der Waals surface area contributed by atoms with Gasteiger partial charge in [0.15, 0.2) is 0 Å². The normalized spacial score (nSPS) is 16.0. The van der Waals surface area contributed by atoms with Gasteiger partial charge in [-0.1, -0.05) is 41.4 Å². The van der Waals surface area contributed by atoms with E-state index in [1.807, 2.05) is 31.2 Å². The predicted molar refractivity (Wildman–Crippen MR) is 92.0 cm³/mol. The van der Waals surface area contributed by atoms with Crippen LogP contribution in [0.2, 0.25) is 5.02 Å². The topological polar surface area (TPSA) is 41.1 Å². The summed E-state index contributed by atoms with van der Waals surface area (Å²) in [4.78, 5) is 11.9. The van der Waals surface area contributed by atoms with Crippen LogP contribution in [0, 0.1) is 0 Å². The maximum absolute atomic E-state index is 11.9. The molecule has 0 radical (unpaired) electrons. The summed E-state index contributed by atoms with van der Waals surface area (Å²) in [6, 6.07) is 7.77. The molecular weight excluding hydrogens is 296 g/mol. The lowest BCUT2D eigenvalue weighted by Crippen LogP contribution is -2.35. The summed E-state index contributed by atoms with van der Waals surface area (Å²) in [6.07, 6.45) is 8.29. The van der Waals surface area contributed by atoms with E-state index in [2.05, 4.69) is 16.7 Å². The van der Waals surface area contributed by atoms with E-state index in [9.17, 15) is 4.79 Å². The number of hydrogen-bond acceptors (Lipinski definition) is 2. The van der Waals surface area contributed by atoms with E-state index >= 15 is 0 Å². The second-order valence-electron chi connectivity index (χ2n) is 5.83. The van der Waals surface area contributed by atoms with Crippen LogP contribution < -0.4 is 10.6 Å². The number of carbonyl (C=O) groups excluding carboxylic acids is 1. The van der Waals surface area contributed by atoms with Crippen LogP contribution in [0.25, 0.3) is 0 Å². The van der Waals surface area contributed by atoms with E-state index in [1.54, 1.807) is 0 Å². The van der Waals surface area contributed by atoms with Gasteiger partial charge in [-0.25, -0.2) is 0 Å². The monoisotopic (exact) mass is 320 g/mol. The first-order valence-corrected chi connectivity index (χ1v) is 8.47. The van der Waals surface area contributed by atoms with E-state index in [1.165, 1.54) is 31.3 Å². The molecule has 0 spiro atoms. The molecule has 0 aliphatic heterocycles. The van der Waals surface area contributed by atoms with E-state index in [0.717, 1.165) is 23.6 Å². The Balaban J connectivity index is 1.67. The smallest absolute Gasteiger partial charge is 0.233 e. The molecule has 3 nitrogen and oxygen atoms in total. The summed E-state index contributed by atoms with van der Waals surface area (Å²) in [5.41, 5.74) is 2.51. The van der Waals surface area contributed by atoms with Crippen molar-refractivity contribution in [3.63, 3.8) is 0 Å². The Hall–Kier alpha value is -1.32. The number of nitrogens with one attached hydrogen (secondary N) is 2. The van der Waals surface area contributed by atoms with Crippen molar-refractivity contribution in [2.45, 2.75) is 45.1 Å². The second kappa shape index (κ2) is 8.96. The van der Waals surface area contributed by atoms with Crippen molar-refractivity contribution < 1.29 is 4.79 Å². The fraction of sp³-hybridized carbons (Fsp3) is 0.500. The summed E-state index contributed by atoms with van der Waals surface area (Å²) in [5, 5.41) is 6.92. The summed E-state index contributed by atoms with van der Waals surface area (Å²) < 4.78 is 0.